The van der Waals surface area contributed by atoms with E-state index in [1.165, 1.54) is 0 Å². The number of anilines is 1. The number of carbonyl (C=O) groups excluding carboxylic acids is 3. The minimum absolute atomic E-state index is 0.170. The molecule has 12 heteroatoms. The van der Waals surface area contributed by atoms with E-state index in [9.17, 15) is 24.0 Å². The number of esters is 3. The van der Waals surface area contributed by atoms with Gasteiger partial charge in [0.05, 0.1) is 0 Å². The van der Waals surface area contributed by atoms with Crippen LogP contribution >= 0.6 is 0 Å². The molecule has 4 atom stereocenters. The highest BCUT2D eigenvalue weighted by molar-refractivity contribution is 5.68. The van der Waals surface area contributed by atoms with Gasteiger partial charge in [-0.1, -0.05) is 0 Å². The smallest absolute Gasteiger partial charge is 0.332 e. The van der Waals surface area contributed by atoms with E-state index in [1.54, 1.807) is 0 Å². The summed E-state index contributed by atoms with van der Waals surface area (Å²) >= 11 is 0. The zero-order chi connectivity index (χ0) is 20.3. The molecule has 1 saturated heterocycles. The number of nitrogens with zero attached hydrogens (tertiary/aromatic N) is 1. The lowest BCUT2D eigenvalue weighted by Gasteiger charge is -2.23. The van der Waals surface area contributed by atoms with Crippen molar-refractivity contribution < 1.29 is 33.3 Å². The topological polar surface area (TPSA) is 169 Å². The summed E-state index contributed by atoms with van der Waals surface area (Å²) in [6.45, 7) is 3.01. The third kappa shape index (κ3) is 4.73. The SMILES string of the molecule is CC(=O)OC[C@H]1O[C@@H](n2c(=O)cc(N)[nH]c2=O)[C@H](OC(C)=O)[C@@H]1OC(C)=O. The van der Waals surface area contributed by atoms with Gasteiger partial charge in [0.2, 0.25) is 0 Å². The molecule has 0 spiro atoms. The number of nitrogens with one attached hydrogen (secondary N) is 1. The summed E-state index contributed by atoms with van der Waals surface area (Å²) < 4.78 is 21.4. The van der Waals surface area contributed by atoms with Crippen molar-refractivity contribution in [2.24, 2.45) is 0 Å². The number of rotatable bonds is 5. The number of nitrogens with two attached hydrogens (primary N) is 1. The molecule has 0 unspecified atom stereocenters. The van der Waals surface area contributed by atoms with Gasteiger partial charge >= 0.3 is 23.6 Å². The van der Waals surface area contributed by atoms with Gasteiger partial charge < -0.3 is 24.7 Å². The van der Waals surface area contributed by atoms with Crippen LogP contribution in [0.15, 0.2) is 15.7 Å². The van der Waals surface area contributed by atoms with Crippen LogP contribution in [0.5, 0.6) is 0 Å². The Hall–Kier alpha value is -3.15. The first-order chi connectivity index (χ1) is 12.6. The molecule has 1 aromatic heterocycles. The monoisotopic (exact) mass is 385 g/mol. The van der Waals surface area contributed by atoms with Gasteiger partial charge in [-0.15, -0.1) is 0 Å². The molecule has 12 nitrogen and oxygen atoms in total. The predicted molar refractivity (Wildman–Crippen MR) is 87.4 cm³/mol. The van der Waals surface area contributed by atoms with Crippen molar-refractivity contribution in [1.82, 2.24) is 9.55 Å². The Morgan fingerprint density at radius 2 is 1.70 bits per heavy atom. The van der Waals surface area contributed by atoms with Crippen LogP contribution in [-0.4, -0.2) is 52.4 Å². The first kappa shape index (κ1) is 20.2. The van der Waals surface area contributed by atoms with Gasteiger partial charge in [-0.2, -0.15) is 0 Å². The molecule has 1 aliphatic rings. The number of H-pyrrole nitrogens is 1. The maximum absolute atomic E-state index is 12.2. The van der Waals surface area contributed by atoms with E-state index < -0.39 is 53.7 Å². The number of carbonyl (C=O) groups is 3. The fourth-order valence-electron chi connectivity index (χ4n) is 2.66. The molecule has 148 valence electrons. The lowest BCUT2D eigenvalue weighted by atomic mass is 10.1. The van der Waals surface area contributed by atoms with Gasteiger partial charge in [-0.05, 0) is 0 Å². The molecule has 0 aliphatic carbocycles. The quantitative estimate of drug-likeness (QED) is 0.446. The van der Waals surface area contributed by atoms with Gasteiger partial charge in [-0.3, -0.25) is 24.2 Å². The van der Waals surface area contributed by atoms with E-state index in [0.717, 1.165) is 26.8 Å². The summed E-state index contributed by atoms with van der Waals surface area (Å²) in [5.41, 5.74) is 3.68. The highest BCUT2D eigenvalue weighted by atomic mass is 16.7. The predicted octanol–water partition coefficient (Wildman–Crippen LogP) is -1.56. The third-order valence-electron chi connectivity index (χ3n) is 3.58. The van der Waals surface area contributed by atoms with Crippen LogP contribution in [0.3, 0.4) is 0 Å². The summed E-state index contributed by atoms with van der Waals surface area (Å²) in [4.78, 5) is 60.7. The average Bonchev–Trinajstić information content (AvgIpc) is 2.81. The molecule has 0 radical (unpaired) electrons. The minimum atomic E-state index is -1.43. The van der Waals surface area contributed by atoms with Crippen LogP contribution in [0.2, 0.25) is 0 Å². The normalized spacial score (nSPS) is 24.3. The molecule has 1 fully saturated rings. The molecule has 0 aromatic carbocycles. The van der Waals surface area contributed by atoms with Gasteiger partial charge in [0, 0.05) is 26.8 Å². The second-order valence-corrected chi connectivity index (χ2v) is 5.75. The molecule has 1 aliphatic heterocycles. The van der Waals surface area contributed by atoms with Crippen molar-refractivity contribution >= 4 is 23.7 Å². The van der Waals surface area contributed by atoms with Crippen molar-refractivity contribution in [1.29, 1.82) is 0 Å². The van der Waals surface area contributed by atoms with Crippen LogP contribution < -0.4 is 17.0 Å². The van der Waals surface area contributed by atoms with E-state index in [4.69, 9.17) is 24.7 Å². The molecule has 1 aromatic rings. The summed E-state index contributed by atoms with van der Waals surface area (Å²) in [5, 5.41) is 0. The Kier molecular flexibility index (Phi) is 6.00. The molecular weight excluding hydrogens is 366 g/mol. The molecule has 27 heavy (non-hydrogen) atoms. The largest absolute Gasteiger partial charge is 0.463 e. The fraction of sp³-hybridized carbons (Fsp3) is 0.533. The first-order valence-corrected chi connectivity index (χ1v) is 7.84. The molecule has 3 N–H and O–H groups in total. The second-order valence-electron chi connectivity index (χ2n) is 5.75. The van der Waals surface area contributed by atoms with Crippen LogP contribution in [0.25, 0.3) is 0 Å². The second kappa shape index (κ2) is 8.03. The lowest BCUT2D eigenvalue weighted by Crippen LogP contribution is -2.45. The summed E-state index contributed by atoms with van der Waals surface area (Å²) in [5.74, 6) is -2.29. The summed E-state index contributed by atoms with van der Waals surface area (Å²) in [7, 11) is 0. The Labute approximate surface area is 152 Å². The zero-order valence-corrected chi connectivity index (χ0v) is 14.8. The Bertz CT molecular complexity index is 828. The maximum atomic E-state index is 12.2. The Morgan fingerprint density at radius 1 is 1.11 bits per heavy atom. The number of hydrogen-bond acceptors (Lipinski definition) is 10. The molecular formula is C15H19N3O9. The van der Waals surface area contributed by atoms with Crippen molar-refractivity contribution in [3.63, 3.8) is 0 Å². The van der Waals surface area contributed by atoms with Gasteiger partial charge in [0.25, 0.3) is 5.56 Å². The Morgan fingerprint density at radius 3 is 2.22 bits per heavy atom. The summed E-state index contributed by atoms with van der Waals surface area (Å²) in [6, 6.07) is 0.940. The van der Waals surface area contributed by atoms with Crippen molar-refractivity contribution in [3.8, 4) is 0 Å². The fourth-order valence-corrected chi connectivity index (χ4v) is 2.66. The molecule has 2 heterocycles. The van der Waals surface area contributed by atoms with Crippen molar-refractivity contribution in [2.45, 2.75) is 45.3 Å². The first-order valence-electron chi connectivity index (χ1n) is 7.84. The van der Waals surface area contributed by atoms with E-state index in [-0.39, 0.29) is 12.4 Å². The number of ether oxygens (including phenoxy) is 4. The highest BCUT2D eigenvalue weighted by Crippen LogP contribution is 2.33. The van der Waals surface area contributed by atoms with Crippen molar-refractivity contribution in [2.75, 3.05) is 12.3 Å². The molecule has 2 rings (SSSR count). The number of aromatic amines is 1. The molecule has 0 saturated carbocycles. The lowest BCUT2D eigenvalue weighted by molar-refractivity contribution is -0.166. The van der Waals surface area contributed by atoms with E-state index in [0.29, 0.717) is 4.57 Å². The number of hydrogen-bond donors (Lipinski definition) is 2. The number of nitrogen functional groups attached to an aromatic ring is 1. The average molecular weight is 385 g/mol. The van der Waals surface area contributed by atoms with Crippen molar-refractivity contribution in [3.05, 3.63) is 26.9 Å². The summed E-state index contributed by atoms with van der Waals surface area (Å²) in [6.07, 6.45) is -5.08. The van der Waals surface area contributed by atoms with Crippen LogP contribution in [0.4, 0.5) is 5.82 Å². The standard InChI is InChI=1S/C15H19N3O9/c1-6(19)24-5-9-12(25-7(2)20)13(26-8(3)21)14(27-9)18-11(22)4-10(16)17-15(18)23/h4,9,12-14H,5,16H2,1-3H3,(H,17,23)/t9-,12-,13-,14-/m1/s1. The maximum Gasteiger partial charge on any atom is 0.332 e. The van der Waals surface area contributed by atoms with Crippen LogP contribution in [-0.2, 0) is 33.3 Å². The van der Waals surface area contributed by atoms with Gasteiger partial charge in [0.1, 0.15) is 18.5 Å². The zero-order valence-electron chi connectivity index (χ0n) is 14.8. The molecule has 0 amide bonds. The molecule has 0 bridgehead atoms. The van der Waals surface area contributed by atoms with Gasteiger partial charge in [0.15, 0.2) is 18.4 Å². The number of aromatic nitrogens is 2. The third-order valence-corrected chi connectivity index (χ3v) is 3.58. The van der Waals surface area contributed by atoms with E-state index >= 15 is 0 Å². The van der Waals surface area contributed by atoms with Gasteiger partial charge in [-0.25, -0.2) is 9.36 Å². The van der Waals surface area contributed by atoms with E-state index in [1.807, 2.05) is 0 Å². The van der Waals surface area contributed by atoms with E-state index in [2.05, 4.69) is 4.98 Å². The van der Waals surface area contributed by atoms with Crippen LogP contribution in [0.1, 0.15) is 27.0 Å². The highest BCUT2D eigenvalue weighted by Gasteiger charge is 2.51. The Balaban J connectivity index is 2.49. The van der Waals surface area contributed by atoms with Crippen LogP contribution in [0, 0.1) is 0 Å². The minimum Gasteiger partial charge on any atom is -0.463 e.